The van der Waals surface area contributed by atoms with Gasteiger partial charge in [0.2, 0.25) is 0 Å². The molecule has 2 heterocycles. The van der Waals surface area contributed by atoms with Crippen LogP contribution in [0.15, 0.2) is 30.3 Å². The van der Waals surface area contributed by atoms with Crippen molar-refractivity contribution >= 4 is 0 Å². The molecule has 1 spiro atoms. The molecule has 0 amide bonds. The zero-order chi connectivity index (χ0) is 15.3. The lowest BCUT2D eigenvalue weighted by Crippen LogP contribution is -2.39. The molecule has 4 nitrogen and oxygen atoms in total. The number of rotatable bonds is 7. The van der Waals surface area contributed by atoms with E-state index in [0.29, 0.717) is 19.8 Å². The second-order valence-electron chi connectivity index (χ2n) is 6.05. The summed E-state index contributed by atoms with van der Waals surface area (Å²) in [5.41, 5.74) is 1.21. The van der Waals surface area contributed by atoms with Crippen LogP contribution in [0.3, 0.4) is 0 Å². The van der Waals surface area contributed by atoms with Gasteiger partial charge in [-0.2, -0.15) is 0 Å². The van der Waals surface area contributed by atoms with E-state index in [-0.39, 0.29) is 12.2 Å². The molecule has 2 aliphatic heterocycles. The average Bonchev–Trinajstić information content (AvgIpc) is 3.16. The van der Waals surface area contributed by atoms with Crippen LogP contribution in [0.2, 0.25) is 0 Å². The van der Waals surface area contributed by atoms with Crippen molar-refractivity contribution < 1.29 is 18.9 Å². The standard InChI is InChI=1S/C18H26O4/c1-2-16-13-18(20-11-12-21-18)17(22-16)9-6-10-19-14-15-7-4-3-5-8-15/h3-5,7-8,16-17H,2,6,9-14H2,1H3/t16-,17+/m0/s1. The molecular weight excluding hydrogens is 280 g/mol. The van der Waals surface area contributed by atoms with Crippen molar-refractivity contribution in [2.75, 3.05) is 19.8 Å². The van der Waals surface area contributed by atoms with Crippen molar-refractivity contribution in [1.29, 1.82) is 0 Å². The van der Waals surface area contributed by atoms with E-state index >= 15 is 0 Å². The third-order valence-corrected chi connectivity index (χ3v) is 4.46. The smallest absolute Gasteiger partial charge is 0.197 e. The maximum atomic E-state index is 6.11. The van der Waals surface area contributed by atoms with Gasteiger partial charge in [-0.05, 0) is 24.8 Å². The zero-order valence-corrected chi connectivity index (χ0v) is 13.3. The van der Waals surface area contributed by atoms with Crippen LogP contribution in [0, 0.1) is 0 Å². The first-order valence-corrected chi connectivity index (χ1v) is 8.37. The molecule has 0 N–H and O–H groups in total. The molecule has 2 fully saturated rings. The summed E-state index contributed by atoms with van der Waals surface area (Å²) < 4.78 is 23.6. The SMILES string of the molecule is CC[C@H]1CC2(OCCO2)[C@@H](CCCOCc2ccccc2)O1. The third-order valence-electron chi connectivity index (χ3n) is 4.46. The van der Waals surface area contributed by atoms with E-state index in [1.54, 1.807) is 0 Å². The summed E-state index contributed by atoms with van der Waals surface area (Å²) in [4.78, 5) is 0. The van der Waals surface area contributed by atoms with Crippen LogP contribution < -0.4 is 0 Å². The summed E-state index contributed by atoms with van der Waals surface area (Å²) in [6.45, 7) is 4.92. The molecule has 2 aliphatic rings. The van der Waals surface area contributed by atoms with Gasteiger partial charge < -0.3 is 18.9 Å². The normalized spacial score (nSPS) is 26.8. The van der Waals surface area contributed by atoms with Crippen molar-refractivity contribution in [3.05, 3.63) is 35.9 Å². The monoisotopic (exact) mass is 306 g/mol. The minimum atomic E-state index is -0.486. The molecule has 0 aliphatic carbocycles. The van der Waals surface area contributed by atoms with Crippen LogP contribution in [-0.4, -0.2) is 37.8 Å². The molecule has 0 unspecified atom stereocenters. The van der Waals surface area contributed by atoms with Gasteiger partial charge in [0.25, 0.3) is 0 Å². The Balaban J connectivity index is 1.41. The van der Waals surface area contributed by atoms with Crippen LogP contribution in [0.1, 0.15) is 38.2 Å². The Hall–Kier alpha value is -0.940. The van der Waals surface area contributed by atoms with Crippen molar-refractivity contribution in [1.82, 2.24) is 0 Å². The van der Waals surface area contributed by atoms with Gasteiger partial charge in [0.1, 0.15) is 6.10 Å². The van der Waals surface area contributed by atoms with Crippen LogP contribution in [0.5, 0.6) is 0 Å². The molecule has 2 atom stereocenters. The highest BCUT2D eigenvalue weighted by molar-refractivity contribution is 5.13. The van der Waals surface area contributed by atoms with E-state index in [1.165, 1.54) is 5.56 Å². The summed E-state index contributed by atoms with van der Waals surface area (Å²) in [6.07, 6.45) is 4.05. The average molecular weight is 306 g/mol. The molecule has 1 aromatic rings. The molecule has 0 saturated carbocycles. The molecule has 0 bridgehead atoms. The summed E-state index contributed by atoms with van der Waals surface area (Å²) >= 11 is 0. The van der Waals surface area contributed by atoms with Gasteiger partial charge >= 0.3 is 0 Å². The maximum absolute atomic E-state index is 6.11. The lowest BCUT2D eigenvalue weighted by atomic mass is 10.0. The minimum absolute atomic E-state index is 0.0419. The highest BCUT2D eigenvalue weighted by Crippen LogP contribution is 2.40. The van der Waals surface area contributed by atoms with Crippen LogP contribution >= 0.6 is 0 Å². The summed E-state index contributed by atoms with van der Waals surface area (Å²) in [5.74, 6) is -0.486. The molecule has 0 radical (unpaired) electrons. The Labute approximate surface area is 132 Å². The number of ether oxygens (including phenoxy) is 4. The van der Waals surface area contributed by atoms with Gasteiger partial charge in [-0.25, -0.2) is 0 Å². The predicted octanol–water partition coefficient (Wildman–Crippen LogP) is 3.29. The number of hydrogen-bond donors (Lipinski definition) is 0. The van der Waals surface area contributed by atoms with Crippen LogP contribution in [0.4, 0.5) is 0 Å². The van der Waals surface area contributed by atoms with E-state index in [9.17, 15) is 0 Å². The fraction of sp³-hybridized carbons (Fsp3) is 0.667. The van der Waals surface area contributed by atoms with Gasteiger partial charge in [0, 0.05) is 13.0 Å². The first-order chi connectivity index (χ1) is 10.8. The molecular formula is C18H26O4. The molecule has 1 aromatic carbocycles. The second-order valence-corrected chi connectivity index (χ2v) is 6.05. The number of hydrogen-bond acceptors (Lipinski definition) is 4. The molecule has 122 valence electrons. The van der Waals surface area contributed by atoms with Crippen molar-refractivity contribution in [3.63, 3.8) is 0 Å². The van der Waals surface area contributed by atoms with Crippen molar-refractivity contribution in [2.45, 2.75) is 57.2 Å². The summed E-state index contributed by atoms with van der Waals surface area (Å²) in [7, 11) is 0. The van der Waals surface area contributed by atoms with E-state index in [1.807, 2.05) is 18.2 Å². The van der Waals surface area contributed by atoms with Gasteiger partial charge in [-0.3, -0.25) is 0 Å². The lowest BCUT2D eigenvalue weighted by Gasteiger charge is -2.27. The highest BCUT2D eigenvalue weighted by atomic mass is 16.8. The maximum Gasteiger partial charge on any atom is 0.197 e. The first-order valence-electron chi connectivity index (χ1n) is 8.37. The Morgan fingerprint density at radius 2 is 1.95 bits per heavy atom. The zero-order valence-electron chi connectivity index (χ0n) is 13.3. The molecule has 4 heteroatoms. The Bertz CT molecular complexity index is 442. The number of benzene rings is 1. The Morgan fingerprint density at radius 3 is 2.68 bits per heavy atom. The topological polar surface area (TPSA) is 36.9 Å². The molecule has 22 heavy (non-hydrogen) atoms. The van der Waals surface area contributed by atoms with Crippen molar-refractivity contribution in [2.24, 2.45) is 0 Å². The van der Waals surface area contributed by atoms with E-state index in [0.717, 1.165) is 32.3 Å². The van der Waals surface area contributed by atoms with Gasteiger partial charge in [0.05, 0.1) is 25.9 Å². The Kier molecular flexibility index (Phi) is 5.47. The second kappa shape index (κ2) is 7.55. The minimum Gasteiger partial charge on any atom is -0.377 e. The van der Waals surface area contributed by atoms with Crippen LogP contribution in [-0.2, 0) is 25.6 Å². The predicted molar refractivity (Wildman–Crippen MR) is 83.5 cm³/mol. The van der Waals surface area contributed by atoms with Gasteiger partial charge in [0.15, 0.2) is 5.79 Å². The van der Waals surface area contributed by atoms with Gasteiger partial charge in [-0.15, -0.1) is 0 Å². The molecule has 0 aromatic heterocycles. The fourth-order valence-corrected chi connectivity index (χ4v) is 3.27. The fourth-order valence-electron chi connectivity index (χ4n) is 3.27. The van der Waals surface area contributed by atoms with E-state index in [4.69, 9.17) is 18.9 Å². The van der Waals surface area contributed by atoms with Gasteiger partial charge in [-0.1, -0.05) is 37.3 Å². The van der Waals surface area contributed by atoms with E-state index in [2.05, 4.69) is 19.1 Å². The first kappa shape index (κ1) is 15.9. The third kappa shape index (κ3) is 3.69. The summed E-state index contributed by atoms with van der Waals surface area (Å²) in [6, 6.07) is 10.3. The molecule has 2 saturated heterocycles. The highest BCUT2D eigenvalue weighted by Gasteiger charge is 2.52. The summed E-state index contributed by atoms with van der Waals surface area (Å²) in [5, 5.41) is 0. The molecule has 3 rings (SSSR count). The Morgan fingerprint density at radius 1 is 1.18 bits per heavy atom. The van der Waals surface area contributed by atoms with Crippen molar-refractivity contribution in [3.8, 4) is 0 Å². The largest absolute Gasteiger partial charge is 0.377 e. The lowest BCUT2D eigenvalue weighted by molar-refractivity contribution is -0.191. The quantitative estimate of drug-likeness (QED) is 0.724. The van der Waals surface area contributed by atoms with E-state index < -0.39 is 5.79 Å². The van der Waals surface area contributed by atoms with Crippen LogP contribution in [0.25, 0.3) is 0 Å².